The zero-order chi connectivity index (χ0) is 12.0. The maximum atomic E-state index is 13.3. The molecule has 0 aliphatic heterocycles. The molecule has 0 amide bonds. The van der Waals surface area contributed by atoms with E-state index in [2.05, 4.69) is 21.2 Å². The number of nitrogens with one attached hydrogen (secondary N) is 1. The first-order valence-electron chi connectivity index (χ1n) is 5.02. The molecule has 1 N–H and O–H groups in total. The van der Waals surface area contributed by atoms with E-state index < -0.39 is 11.6 Å². The van der Waals surface area contributed by atoms with E-state index in [9.17, 15) is 8.78 Å². The Hall–Kier alpha value is -0.680. The molecule has 2 nitrogen and oxygen atoms in total. The van der Waals surface area contributed by atoms with E-state index in [1.54, 1.807) is 7.11 Å². The van der Waals surface area contributed by atoms with Crippen LogP contribution in [0.5, 0.6) is 0 Å². The number of benzene rings is 1. The highest BCUT2D eigenvalue weighted by Crippen LogP contribution is 2.23. The molecule has 5 heteroatoms. The number of ether oxygens (including phenoxy) is 1. The van der Waals surface area contributed by atoms with Gasteiger partial charge in [0.25, 0.3) is 0 Å². The van der Waals surface area contributed by atoms with Crippen LogP contribution < -0.4 is 5.32 Å². The number of hydrogen-bond donors (Lipinski definition) is 1. The summed E-state index contributed by atoms with van der Waals surface area (Å²) in [6.07, 6.45) is 1.79. The minimum Gasteiger partial charge on any atom is -0.385 e. The Morgan fingerprint density at radius 2 is 2.00 bits per heavy atom. The monoisotopic (exact) mass is 293 g/mol. The molecular weight excluding hydrogens is 280 g/mol. The van der Waals surface area contributed by atoms with Crippen LogP contribution in [0.3, 0.4) is 0 Å². The highest BCUT2D eigenvalue weighted by molar-refractivity contribution is 9.10. The Labute approximate surface area is 102 Å². The molecule has 0 saturated carbocycles. The highest BCUT2D eigenvalue weighted by Gasteiger charge is 2.07. The lowest BCUT2D eigenvalue weighted by atomic mass is 10.2. The first kappa shape index (κ1) is 13.4. The van der Waals surface area contributed by atoms with Crippen molar-refractivity contribution in [3.63, 3.8) is 0 Å². The number of methoxy groups -OCH3 is 1. The van der Waals surface area contributed by atoms with Crippen LogP contribution in [0.15, 0.2) is 16.6 Å². The van der Waals surface area contributed by atoms with Gasteiger partial charge in [-0.25, -0.2) is 8.78 Å². The van der Waals surface area contributed by atoms with Gasteiger partial charge in [0, 0.05) is 26.3 Å². The Bertz CT molecular complexity index is 347. The quantitative estimate of drug-likeness (QED) is 0.640. The lowest BCUT2D eigenvalue weighted by Gasteiger charge is -2.08. The number of anilines is 1. The topological polar surface area (TPSA) is 21.3 Å². The molecule has 0 fully saturated rings. The van der Waals surface area contributed by atoms with Gasteiger partial charge in [-0.05, 0) is 34.8 Å². The molecule has 0 saturated heterocycles. The van der Waals surface area contributed by atoms with Crippen molar-refractivity contribution in [2.45, 2.75) is 12.8 Å². The molecule has 90 valence electrons. The van der Waals surface area contributed by atoms with E-state index in [1.165, 1.54) is 6.07 Å². The third kappa shape index (κ3) is 4.06. The molecule has 16 heavy (non-hydrogen) atoms. The van der Waals surface area contributed by atoms with Gasteiger partial charge >= 0.3 is 0 Å². The molecular formula is C11H14BrF2NO. The van der Waals surface area contributed by atoms with Gasteiger partial charge in [0.2, 0.25) is 0 Å². The average Bonchev–Trinajstić information content (AvgIpc) is 2.25. The smallest absolute Gasteiger partial charge is 0.149 e. The van der Waals surface area contributed by atoms with Gasteiger partial charge in [0.15, 0.2) is 0 Å². The van der Waals surface area contributed by atoms with E-state index in [4.69, 9.17) is 4.74 Å². The third-order valence-corrected chi connectivity index (χ3v) is 2.71. The third-order valence-electron chi connectivity index (χ3n) is 2.10. The van der Waals surface area contributed by atoms with Crippen LogP contribution in [0.25, 0.3) is 0 Å². The minimum absolute atomic E-state index is 0.258. The standard InChI is InChI=1S/C11H14BrF2NO/c1-16-5-3-2-4-15-11-6-8(12)9(13)7-10(11)14/h6-7,15H,2-5H2,1H3. The maximum Gasteiger partial charge on any atom is 0.149 e. The SMILES string of the molecule is COCCCCNc1cc(Br)c(F)cc1F. The van der Waals surface area contributed by atoms with Crippen molar-refractivity contribution in [1.82, 2.24) is 0 Å². The van der Waals surface area contributed by atoms with Crippen molar-refractivity contribution in [2.75, 3.05) is 25.6 Å². The summed E-state index contributed by atoms with van der Waals surface area (Å²) in [6.45, 7) is 1.33. The summed E-state index contributed by atoms with van der Waals surface area (Å²) in [5.74, 6) is -1.17. The van der Waals surface area contributed by atoms with Crippen LogP contribution in [0, 0.1) is 11.6 Å². The van der Waals surface area contributed by atoms with E-state index in [0.717, 1.165) is 18.9 Å². The zero-order valence-corrected chi connectivity index (χ0v) is 10.6. The summed E-state index contributed by atoms with van der Waals surface area (Å²) in [5, 5.41) is 2.91. The molecule has 0 radical (unpaired) electrons. The van der Waals surface area contributed by atoms with Gasteiger partial charge < -0.3 is 10.1 Å². The summed E-state index contributed by atoms with van der Waals surface area (Å²) in [4.78, 5) is 0. The summed E-state index contributed by atoms with van der Waals surface area (Å²) in [7, 11) is 1.64. The number of unbranched alkanes of at least 4 members (excludes halogenated alkanes) is 1. The van der Waals surface area contributed by atoms with E-state index in [0.29, 0.717) is 18.8 Å². The summed E-state index contributed by atoms with van der Waals surface area (Å²) < 4.78 is 31.3. The molecule has 0 bridgehead atoms. The molecule has 0 atom stereocenters. The Morgan fingerprint density at radius 1 is 1.25 bits per heavy atom. The first-order valence-corrected chi connectivity index (χ1v) is 5.82. The predicted octanol–water partition coefficient (Wildman–Crippen LogP) is 3.57. The summed E-state index contributed by atoms with van der Waals surface area (Å²) in [6, 6.07) is 2.27. The Morgan fingerprint density at radius 3 is 2.69 bits per heavy atom. The van der Waals surface area contributed by atoms with Gasteiger partial charge in [-0.15, -0.1) is 0 Å². The van der Waals surface area contributed by atoms with Crippen molar-refractivity contribution >= 4 is 21.6 Å². The fourth-order valence-corrected chi connectivity index (χ4v) is 1.60. The van der Waals surface area contributed by atoms with Crippen molar-refractivity contribution < 1.29 is 13.5 Å². The van der Waals surface area contributed by atoms with Crippen molar-refractivity contribution in [2.24, 2.45) is 0 Å². The van der Waals surface area contributed by atoms with E-state index in [1.807, 2.05) is 0 Å². The van der Waals surface area contributed by atoms with Crippen molar-refractivity contribution in [3.05, 3.63) is 28.2 Å². The van der Waals surface area contributed by atoms with Gasteiger partial charge in [0.05, 0.1) is 10.2 Å². The molecule has 0 aromatic heterocycles. The number of halogens is 3. The first-order chi connectivity index (χ1) is 7.65. The fourth-order valence-electron chi connectivity index (χ4n) is 1.25. The van der Waals surface area contributed by atoms with Gasteiger partial charge in [-0.1, -0.05) is 0 Å². The average molecular weight is 294 g/mol. The normalized spacial score (nSPS) is 10.5. The molecule has 1 rings (SSSR count). The van der Waals surface area contributed by atoms with Crippen molar-refractivity contribution in [1.29, 1.82) is 0 Å². The second-order valence-corrected chi connectivity index (χ2v) is 4.23. The molecule has 1 aromatic carbocycles. The van der Waals surface area contributed by atoms with Crippen LogP contribution in [-0.2, 0) is 4.74 Å². The number of rotatable bonds is 6. The molecule has 0 spiro atoms. The van der Waals surface area contributed by atoms with Crippen molar-refractivity contribution in [3.8, 4) is 0 Å². The van der Waals surface area contributed by atoms with Gasteiger partial charge in [0.1, 0.15) is 11.6 Å². The molecule has 0 aliphatic rings. The predicted molar refractivity (Wildman–Crippen MR) is 63.7 cm³/mol. The van der Waals surface area contributed by atoms with Crippen LogP contribution in [-0.4, -0.2) is 20.3 Å². The van der Waals surface area contributed by atoms with Crippen LogP contribution in [0.2, 0.25) is 0 Å². The summed E-state index contributed by atoms with van der Waals surface area (Å²) in [5.41, 5.74) is 0.311. The van der Waals surface area contributed by atoms with E-state index in [-0.39, 0.29) is 4.47 Å². The summed E-state index contributed by atoms with van der Waals surface area (Å²) >= 11 is 3.01. The van der Waals surface area contributed by atoms with Crippen LogP contribution in [0.1, 0.15) is 12.8 Å². The second kappa shape index (κ2) is 6.81. The number of hydrogen-bond acceptors (Lipinski definition) is 2. The zero-order valence-electron chi connectivity index (χ0n) is 9.03. The second-order valence-electron chi connectivity index (χ2n) is 3.37. The Kier molecular flexibility index (Phi) is 5.69. The minimum atomic E-state index is -0.595. The Balaban J connectivity index is 2.45. The lowest BCUT2D eigenvalue weighted by Crippen LogP contribution is -2.05. The van der Waals surface area contributed by atoms with Crippen LogP contribution >= 0.6 is 15.9 Å². The highest BCUT2D eigenvalue weighted by atomic mass is 79.9. The lowest BCUT2D eigenvalue weighted by molar-refractivity contribution is 0.194. The van der Waals surface area contributed by atoms with Crippen LogP contribution in [0.4, 0.5) is 14.5 Å². The maximum absolute atomic E-state index is 13.3. The largest absolute Gasteiger partial charge is 0.385 e. The molecule has 0 unspecified atom stereocenters. The molecule has 1 aromatic rings. The van der Waals surface area contributed by atoms with Gasteiger partial charge in [-0.2, -0.15) is 0 Å². The molecule has 0 heterocycles. The van der Waals surface area contributed by atoms with Gasteiger partial charge in [-0.3, -0.25) is 0 Å². The fraction of sp³-hybridized carbons (Fsp3) is 0.455. The van der Waals surface area contributed by atoms with E-state index >= 15 is 0 Å². The molecule has 0 aliphatic carbocycles.